The molecule has 0 aromatic carbocycles. The summed E-state index contributed by atoms with van der Waals surface area (Å²) in [6.45, 7) is 6.84. The summed E-state index contributed by atoms with van der Waals surface area (Å²) in [5.41, 5.74) is -0.174. The molecule has 3 N–H and O–H groups in total. The first-order valence-electron chi connectivity index (χ1n) is 6.09. The molecule has 1 atom stereocenters. The Kier molecular flexibility index (Phi) is 8.12. The SMILES string of the molecule is CCC(C)(C)NC(=O)CNC(CCO)COC. The van der Waals surface area contributed by atoms with Crippen molar-refractivity contribution in [3.05, 3.63) is 0 Å². The monoisotopic (exact) mass is 246 g/mol. The second kappa shape index (κ2) is 8.44. The zero-order valence-corrected chi connectivity index (χ0v) is 11.4. The Morgan fingerprint density at radius 2 is 2.12 bits per heavy atom. The first-order valence-corrected chi connectivity index (χ1v) is 6.09. The van der Waals surface area contributed by atoms with Gasteiger partial charge in [-0.2, -0.15) is 0 Å². The predicted molar refractivity (Wildman–Crippen MR) is 67.9 cm³/mol. The number of ether oxygens (including phenoxy) is 1. The molecular weight excluding hydrogens is 220 g/mol. The maximum absolute atomic E-state index is 11.7. The summed E-state index contributed by atoms with van der Waals surface area (Å²) in [5, 5.41) is 14.9. The van der Waals surface area contributed by atoms with Crippen LogP contribution in [0.25, 0.3) is 0 Å². The fourth-order valence-electron chi connectivity index (χ4n) is 1.35. The molecule has 0 heterocycles. The number of amides is 1. The number of methoxy groups -OCH3 is 1. The fourth-order valence-corrected chi connectivity index (χ4v) is 1.35. The Hall–Kier alpha value is -0.650. The lowest BCUT2D eigenvalue weighted by Crippen LogP contribution is -2.48. The van der Waals surface area contributed by atoms with Crippen molar-refractivity contribution in [1.82, 2.24) is 10.6 Å². The Morgan fingerprint density at radius 3 is 2.59 bits per heavy atom. The maximum Gasteiger partial charge on any atom is 0.234 e. The maximum atomic E-state index is 11.7. The zero-order valence-electron chi connectivity index (χ0n) is 11.4. The summed E-state index contributed by atoms with van der Waals surface area (Å²) in [7, 11) is 1.60. The average Bonchev–Trinajstić information content (AvgIpc) is 2.26. The van der Waals surface area contributed by atoms with E-state index in [0.29, 0.717) is 13.0 Å². The molecule has 0 fully saturated rings. The van der Waals surface area contributed by atoms with Crippen LogP contribution in [0.5, 0.6) is 0 Å². The lowest BCUT2D eigenvalue weighted by molar-refractivity contribution is -0.122. The van der Waals surface area contributed by atoms with Crippen LogP contribution in [-0.4, -0.2) is 49.5 Å². The Morgan fingerprint density at radius 1 is 1.47 bits per heavy atom. The first kappa shape index (κ1) is 16.4. The van der Waals surface area contributed by atoms with Gasteiger partial charge in [0.25, 0.3) is 0 Å². The molecule has 0 radical (unpaired) electrons. The molecule has 17 heavy (non-hydrogen) atoms. The number of carbonyl (C=O) groups is 1. The molecule has 0 aromatic heterocycles. The van der Waals surface area contributed by atoms with Crippen LogP contribution in [0, 0.1) is 0 Å². The van der Waals surface area contributed by atoms with Crippen LogP contribution in [-0.2, 0) is 9.53 Å². The highest BCUT2D eigenvalue weighted by atomic mass is 16.5. The van der Waals surface area contributed by atoms with Crippen molar-refractivity contribution in [2.24, 2.45) is 0 Å². The van der Waals surface area contributed by atoms with Gasteiger partial charge >= 0.3 is 0 Å². The molecule has 5 heteroatoms. The minimum atomic E-state index is -0.174. The van der Waals surface area contributed by atoms with Crippen molar-refractivity contribution in [3.63, 3.8) is 0 Å². The van der Waals surface area contributed by atoms with Crippen LogP contribution in [0.2, 0.25) is 0 Å². The van der Waals surface area contributed by atoms with E-state index in [9.17, 15) is 4.79 Å². The molecule has 0 rings (SSSR count). The van der Waals surface area contributed by atoms with E-state index in [-0.39, 0.29) is 30.6 Å². The number of aliphatic hydroxyl groups is 1. The lowest BCUT2D eigenvalue weighted by atomic mass is 10.0. The zero-order chi connectivity index (χ0) is 13.3. The summed E-state index contributed by atoms with van der Waals surface area (Å²) in [5.74, 6) is -0.0316. The van der Waals surface area contributed by atoms with Gasteiger partial charge in [-0.3, -0.25) is 4.79 Å². The molecule has 1 amide bonds. The van der Waals surface area contributed by atoms with Crippen LogP contribution >= 0.6 is 0 Å². The third-order valence-electron chi connectivity index (χ3n) is 2.76. The van der Waals surface area contributed by atoms with Gasteiger partial charge in [0, 0.05) is 25.3 Å². The van der Waals surface area contributed by atoms with E-state index >= 15 is 0 Å². The largest absolute Gasteiger partial charge is 0.396 e. The van der Waals surface area contributed by atoms with Gasteiger partial charge in [0.05, 0.1) is 13.2 Å². The molecular formula is C12H26N2O3. The number of hydrogen-bond donors (Lipinski definition) is 3. The Bertz CT molecular complexity index is 214. The van der Waals surface area contributed by atoms with Crippen molar-refractivity contribution >= 4 is 5.91 Å². The predicted octanol–water partition coefficient (Wildman–Crippen LogP) is 0.278. The van der Waals surface area contributed by atoms with E-state index in [2.05, 4.69) is 10.6 Å². The highest BCUT2D eigenvalue weighted by molar-refractivity contribution is 5.78. The number of rotatable bonds is 9. The van der Waals surface area contributed by atoms with Crippen molar-refractivity contribution in [2.45, 2.75) is 45.2 Å². The van der Waals surface area contributed by atoms with Gasteiger partial charge in [-0.25, -0.2) is 0 Å². The summed E-state index contributed by atoms with van der Waals surface area (Å²) in [6.07, 6.45) is 1.47. The van der Waals surface area contributed by atoms with E-state index in [4.69, 9.17) is 9.84 Å². The molecule has 0 aliphatic rings. The third kappa shape index (κ3) is 8.12. The van der Waals surface area contributed by atoms with Gasteiger partial charge in [-0.05, 0) is 26.7 Å². The van der Waals surface area contributed by atoms with Gasteiger partial charge < -0.3 is 20.5 Å². The van der Waals surface area contributed by atoms with E-state index in [1.807, 2.05) is 20.8 Å². The molecule has 0 spiro atoms. The molecule has 0 saturated carbocycles. The quantitative estimate of drug-likeness (QED) is 0.546. The summed E-state index contributed by atoms with van der Waals surface area (Å²) < 4.78 is 5.01. The highest BCUT2D eigenvalue weighted by Crippen LogP contribution is 2.05. The van der Waals surface area contributed by atoms with Crippen LogP contribution in [0.4, 0.5) is 0 Å². The molecule has 102 valence electrons. The Balaban J connectivity index is 3.95. The standard InChI is InChI=1S/C12H26N2O3/c1-5-12(2,3)14-11(16)8-13-10(6-7-15)9-17-4/h10,13,15H,5-9H2,1-4H3,(H,14,16). The minimum Gasteiger partial charge on any atom is -0.396 e. The van der Waals surface area contributed by atoms with Crippen molar-refractivity contribution < 1.29 is 14.6 Å². The van der Waals surface area contributed by atoms with Crippen molar-refractivity contribution in [2.75, 3.05) is 26.9 Å². The lowest BCUT2D eigenvalue weighted by Gasteiger charge is -2.25. The number of hydrogen-bond acceptors (Lipinski definition) is 4. The summed E-state index contributed by atoms with van der Waals surface area (Å²) >= 11 is 0. The van der Waals surface area contributed by atoms with Gasteiger partial charge in [-0.1, -0.05) is 6.92 Å². The minimum absolute atomic E-state index is 0.0143. The topological polar surface area (TPSA) is 70.6 Å². The molecule has 5 nitrogen and oxygen atoms in total. The first-order chi connectivity index (χ1) is 7.95. The molecule has 0 aromatic rings. The van der Waals surface area contributed by atoms with Gasteiger partial charge in [0.15, 0.2) is 0 Å². The van der Waals surface area contributed by atoms with Crippen molar-refractivity contribution in [3.8, 4) is 0 Å². The van der Waals surface area contributed by atoms with Gasteiger partial charge in [0.2, 0.25) is 5.91 Å². The highest BCUT2D eigenvalue weighted by Gasteiger charge is 2.18. The van der Waals surface area contributed by atoms with Crippen molar-refractivity contribution in [1.29, 1.82) is 0 Å². The number of aliphatic hydroxyl groups excluding tert-OH is 1. The average molecular weight is 246 g/mol. The summed E-state index contributed by atoms with van der Waals surface area (Å²) in [4.78, 5) is 11.7. The van der Waals surface area contributed by atoms with E-state index < -0.39 is 0 Å². The van der Waals surface area contributed by atoms with Gasteiger partial charge in [0.1, 0.15) is 0 Å². The van der Waals surface area contributed by atoms with Crippen LogP contribution in [0.15, 0.2) is 0 Å². The second-order valence-electron chi connectivity index (χ2n) is 4.83. The summed E-state index contributed by atoms with van der Waals surface area (Å²) in [6, 6.07) is 0.0143. The van der Waals surface area contributed by atoms with E-state index in [1.54, 1.807) is 7.11 Å². The fraction of sp³-hybridized carbons (Fsp3) is 0.917. The van der Waals surface area contributed by atoms with Crippen LogP contribution < -0.4 is 10.6 Å². The molecule has 0 aliphatic carbocycles. The number of nitrogens with one attached hydrogen (secondary N) is 2. The van der Waals surface area contributed by atoms with Crippen LogP contribution in [0.1, 0.15) is 33.6 Å². The molecule has 0 aliphatic heterocycles. The molecule has 0 saturated heterocycles. The van der Waals surface area contributed by atoms with Crippen LogP contribution in [0.3, 0.4) is 0 Å². The normalized spacial score (nSPS) is 13.5. The smallest absolute Gasteiger partial charge is 0.234 e. The Labute approximate surface area is 104 Å². The third-order valence-corrected chi connectivity index (χ3v) is 2.76. The molecule has 1 unspecified atom stereocenters. The van der Waals surface area contributed by atoms with E-state index in [0.717, 1.165) is 6.42 Å². The molecule has 0 bridgehead atoms. The second-order valence-corrected chi connectivity index (χ2v) is 4.83. The van der Waals surface area contributed by atoms with E-state index in [1.165, 1.54) is 0 Å². The van der Waals surface area contributed by atoms with Gasteiger partial charge in [-0.15, -0.1) is 0 Å². The number of carbonyl (C=O) groups excluding carboxylic acids is 1.